The van der Waals surface area contributed by atoms with E-state index in [1.165, 1.54) is 11.1 Å². The smallest absolute Gasteiger partial charge is 0.328 e. The maximum atomic E-state index is 12.5. The molecule has 8 rings (SSSR count). The Bertz CT molecular complexity index is 2380. The van der Waals surface area contributed by atoms with Crippen LogP contribution in [0.5, 0.6) is 0 Å². The fourth-order valence-corrected chi connectivity index (χ4v) is 8.56. The van der Waals surface area contributed by atoms with Gasteiger partial charge in [0.2, 0.25) is 0 Å². The summed E-state index contributed by atoms with van der Waals surface area (Å²) in [6.45, 7) is 20.2. The molecule has 368 valence electrons. The zero-order chi connectivity index (χ0) is 49.4. The molecule has 0 radical (unpaired) electrons. The molecular formula is C54H68N12O4. The number of rotatable bonds is 16. The molecule has 0 spiro atoms. The lowest BCUT2D eigenvalue weighted by molar-refractivity contribution is -0.157. The van der Waals surface area contributed by atoms with Gasteiger partial charge in [0.25, 0.3) is 0 Å². The summed E-state index contributed by atoms with van der Waals surface area (Å²) in [6.07, 6.45) is 8.79. The number of carbonyl (C=O) groups is 2. The van der Waals surface area contributed by atoms with E-state index < -0.39 is 11.2 Å². The lowest BCUT2D eigenvalue weighted by atomic mass is 10.0. The van der Waals surface area contributed by atoms with Gasteiger partial charge in [-0.05, 0) is 84.6 Å². The number of carbonyl (C=O) groups excluding carboxylic acids is 2. The van der Waals surface area contributed by atoms with Gasteiger partial charge in [0.05, 0.1) is 12.1 Å². The molecule has 6 aromatic rings. The second-order valence-corrected chi connectivity index (χ2v) is 19.5. The fourth-order valence-electron chi connectivity index (χ4n) is 8.56. The summed E-state index contributed by atoms with van der Waals surface area (Å²) in [5, 5.41) is 24.7. The Balaban J connectivity index is 0.000000206. The van der Waals surface area contributed by atoms with Gasteiger partial charge in [-0.25, -0.2) is 9.36 Å². The van der Waals surface area contributed by atoms with E-state index in [4.69, 9.17) is 9.47 Å². The maximum absolute atomic E-state index is 12.5. The number of benzene rings is 4. The summed E-state index contributed by atoms with van der Waals surface area (Å²) in [4.78, 5) is 34.7. The highest BCUT2D eigenvalue weighted by molar-refractivity contribution is 5.70. The molecule has 2 aliphatic heterocycles. The van der Waals surface area contributed by atoms with Crippen LogP contribution in [0, 0.1) is 0 Å². The summed E-state index contributed by atoms with van der Waals surface area (Å²) < 4.78 is 14.1. The Morgan fingerprint density at radius 2 is 0.829 bits per heavy atom. The summed E-state index contributed by atoms with van der Waals surface area (Å²) in [5.41, 5.74) is 3.51. The number of tetrazole rings is 2. The minimum absolute atomic E-state index is 0.0207. The van der Waals surface area contributed by atoms with E-state index in [-0.39, 0.29) is 37.1 Å². The van der Waals surface area contributed by atoms with Gasteiger partial charge >= 0.3 is 11.9 Å². The molecule has 0 saturated carbocycles. The quantitative estimate of drug-likeness (QED) is 0.0928. The second kappa shape index (κ2) is 24.7. The molecule has 4 aromatic carbocycles. The van der Waals surface area contributed by atoms with E-state index in [2.05, 4.69) is 148 Å². The zero-order valence-electron chi connectivity index (χ0n) is 41.5. The van der Waals surface area contributed by atoms with Crippen molar-refractivity contribution in [2.45, 2.75) is 77.9 Å². The number of esters is 2. The van der Waals surface area contributed by atoms with Crippen LogP contribution in [-0.4, -0.2) is 149 Å². The van der Waals surface area contributed by atoms with E-state index >= 15 is 0 Å². The standard InChI is InChI=1S/2C27H34N6O2/c2*1-27(2,3)35-24(34)21-33-26(28-29-30-33)25(23-14-8-5-9-15-23)32-19-17-31(18-20-32)16-10-13-22-11-6-4-7-12-22/h2*4-15,25H,16-21H2,1-3H3/b2*13-10+/t2*25-/m10/s1. The number of hydrogen-bond donors (Lipinski definition) is 0. The van der Waals surface area contributed by atoms with E-state index in [0.29, 0.717) is 11.6 Å². The Labute approximate surface area is 412 Å². The number of piperazine rings is 2. The third-order valence-electron chi connectivity index (χ3n) is 11.7. The Kier molecular flexibility index (Phi) is 18.1. The van der Waals surface area contributed by atoms with Crippen LogP contribution in [0.15, 0.2) is 133 Å². The first-order valence-electron chi connectivity index (χ1n) is 24.2. The third-order valence-corrected chi connectivity index (χ3v) is 11.7. The van der Waals surface area contributed by atoms with Crippen LogP contribution in [0.1, 0.15) is 87.5 Å². The van der Waals surface area contributed by atoms with Crippen LogP contribution >= 0.6 is 0 Å². The molecule has 2 saturated heterocycles. The molecule has 0 unspecified atom stereocenters. The molecule has 0 amide bonds. The SMILES string of the molecule is CC(C)(C)OC(=O)Cn1nnnc1[C@@H](c1ccccc1)N1CCN(C/C=C/c2ccccc2)CC1.CC(C)(C)OC(=O)Cn1nnnc1[C@H](c1ccccc1)N1CCN(C/C=C/c2ccccc2)CC1. The predicted molar refractivity (Wildman–Crippen MR) is 271 cm³/mol. The average molecular weight is 949 g/mol. The average Bonchev–Trinajstić information content (AvgIpc) is 3.99. The normalized spacial score (nSPS) is 16.4. The topological polar surface area (TPSA) is 153 Å². The van der Waals surface area contributed by atoms with Gasteiger partial charge < -0.3 is 9.47 Å². The Morgan fingerprint density at radius 1 is 0.500 bits per heavy atom. The van der Waals surface area contributed by atoms with Crippen LogP contribution in [0.4, 0.5) is 0 Å². The van der Waals surface area contributed by atoms with Crippen molar-refractivity contribution >= 4 is 24.1 Å². The first-order chi connectivity index (χ1) is 33.8. The van der Waals surface area contributed by atoms with E-state index in [1.807, 2.05) is 90.1 Å². The van der Waals surface area contributed by atoms with Crippen molar-refractivity contribution in [3.8, 4) is 0 Å². The molecule has 2 aromatic heterocycles. The number of ether oxygens (including phenoxy) is 2. The van der Waals surface area contributed by atoms with Crippen LogP contribution < -0.4 is 0 Å². The molecule has 2 aliphatic rings. The molecule has 4 heterocycles. The van der Waals surface area contributed by atoms with Gasteiger partial charge in [-0.3, -0.25) is 29.2 Å². The van der Waals surface area contributed by atoms with Crippen molar-refractivity contribution < 1.29 is 19.1 Å². The van der Waals surface area contributed by atoms with Crippen molar-refractivity contribution in [2.75, 3.05) is 65.4 Å². The minimum Gasteiger partial charge on any atom is -0.459 e. The van der Waals surface area contributed by atoms with Crippen molar-refractivity contribution in [1.82, 2.24) is 60.0 Å². The highest BCUT2D eigenvalue weighted by Gasteiger charge is 2.33. The third kappa shape index (κ3) is 15.7. The van der Waals surface area contributed by atoms with E-state index in [0.717, 1.165) is 76.6 Å². The predicted octanol–water partition coefficient (Wildman–Crippen LogP) is 6.87. The van der Waals surface area contributed by atoms with Crippen LogP contribution in [0.25, 0.3) is 12.2 Å². The molecule has 0 N–H and O–H groups in total. The molecule has 16 heteroatoms. The lowest BCUT2D eigenvalue weighted by Gasteiger charge is -2.38. The molecule has 0 aliphatic carbocycles. The summed E-state index contributed by atoms with van der Waals surface area (Å²) in [6, 6.07) is 40.9. The summed E-state index contributed by atoms with van der Waals surface area (Å²) in [5.74, 6) is 0.597. The van der Waals surface area contributed by atoms with Crippen LogP contribution in [-0.2, 0) is 32.2 Å². The monoisotopic (exact) mass is 949 g/mol. The van der Waals surface area contributed by atoms with Gasteiger partial charge in [-0.1, -0.05) is 146 Å². The van der Waals surface area contributed by atoms with Crippen molar-refractivity contribution in [1.29, 1.82) is 0 Å². The number of hydrogen-bond acceptors (Lipinski definition) is 14. The van der Waals surface area contributed by atoms with Crippen LogP contribution in [0.2, 0.25) is 0 Å². The number of aromatic nitrogens is 8. The van der Waals surface area contributed by atoms with Gasteiger partial charge in [0.15, 0.2) is 11.6 Å². The van der Waals surface area contributed by atoms with Gasteiger partial charge in [-0.15, -0.1) is 10.2 Å². The van der Waals surface area contributed by atoms with Crippen molar-refractivity contribution in [3.63, 3.8) is 0 Å². The number of nitrogens with zero attached hydrogens (tertiary/aromatic N) is 12. The highest BCUT2D eigenvalue weighted by Crippen LogP contribution is 2.30. The van der Waals surface area contributed by atoms with Gasteiger partial charge in [-0.2, -0.15) is 0 Å². The highest BCUT2D eigenvalue weighted by atomic mass is 16.6. The Morgan fingerprint density at radius 3 is 1.16 bits per heavy atom. The molecule has 16 nitrogen and oxygen atoms in total. The first kappa shape index (κ1) is 51.1. The molecule has 2 atom stereocenters. The summed E-state index contributed by atoms with van der Waals surface area (Å²) >= 11 is 0. The largest absolute Gasteiger partial charge is 0.459 e. The minimum atomic E-state index is -0.560. The van der Waals surface area contributed by atoms with Crippen molar-refractivity contribution in [3.05, 3.63) is 167 Å². The summed E-state index contributed by atoms with van der Waals surface area (Å²) in [7, 11) is 0. The second-order valence-electron chi connectivity index (χ2n) is 19.5. The lowest BCUT2D eigenvalue weighted by Crippen LogP contribution is -2.48. The zero-order valence-corrected chi connectivity index (χ0v) is 41.5. The van der Waals surface area contributed by atoms with Crippen LogP contribution in [0.3, 0.4) is 0 Å². The molecular weight excluding hydrogens is 881 g/mol. The fraction of sp³-hybridized carbons (Fsp3) is 0.407. The van der Waals surface area contributed by atoms with E-state index in [1.54, 1.807) is 9.36 Å². The molecule has 0 bridgehead atoms. The van der Waals surface area contributed by atoms with Gasteiger partial charge in [0, 0.05) is 65.4 Å². The van der Waals surface area contributed by atoms with Gasteiger partial charge in [0.1, 0.15) is 24.3 Å². The molecule has 70 heavy (non-hydrogen) atoms. The molecule has 2 fully saturated rings. The van der Waals surface area contributed by atoms with Crippen molar-refractivity contribution in [2.24, 2.45) is 0 Å². The van der Waals surface area contributed by atoms with E-state index in [9.17, 15) is 9.59 Å². The first-order valence-corrected chi connectivity index (χ1v) is 24.2. The Hall–Kier alpha value is -6.72. The maximum Gasteiger partial charge on any atom is 0.328 e.